The van der Waals surface area contributed by atoms with Gasteiger partial charge in [0.2, 0.25) is 0 Å². The van der Waals surface area contributed by atoms with Gasteiger partial charge in [-0.3, -0.25) is 9.80 Å². The van der Waals surface area contributed by atoms with E-state index in [-0.39, 0.29) is 12.1 Å². The van der Waals surface area contributed by atoms with E-state index in [0.717, 1.165) is 13.1 Å². The fraction of sp³-hybridized carbons (Fsp3) is 0.600. The van der Waals surface area contributed by atoms with Gasteiger partial charge in [-0.2, -0.15) is 8.78 Å². The summed E-state index contributed by atoms with van der Waals surface area (Å²) < 4.78 is 28.4. The second-order valence-corrected chi connectivity index (χ2v) is 5.47. The molecule has 1 heterocycles. The van der Waals surface area contributed by atoms with Gasteiger partial charge in [-0.15, -0.1) is 0 Å². The van der Waals surface area contributed by atoms with Crippen molar-refractivity contribution in [2.75, 3.05) is 39.3 Å². The average molecular weight is 283 g/mol. The monoisotopic (exact) mass is 283 g/mol. The Morgan fingerprint density at radius 1 is 1.15 bits per heavy atom. The highest BCUT2D eigenvalue weighted by Gasteiger charge is 2.35. The third-order valence-corrected chi connectivity index (χ3v) is 3.99. The van der Waals surface area contributed by atoms with Crippen LogP contribution in [-0.2, 0) is 5.92 Å². The van der Waals surface area contributed by atoms with Crippen molar-refractivity contribution in [2.24, 2.45) is 5.73 Å². The summed E-state index contributed by atoms with van der Waals surface area (Å²) in [4.78, 5) is 4.10. The number of nitrogens with zero attached hydrogens (tertiary/aromatic N) is 2. The van der Waals surface area contributed by atoms with Crippen molar-refractivity contribution in [1.29, 1.82) is 0 Å². The molecule has 1 aliphatic heterocycles. The third-order valence-electron chi connectivity index (χ3n) is 3.99. The predicted molar refractivity (Wildman–Crippen MR) is 76.9 cm³/mol. The number of alkyl halides is 2. The Hall–Kier alpha value is -1.04. The molecule has 1 aliphatic rings. The Labute approximate surface area is 119 Å². The summed E-state index contributed by atoms with van der Waals surface area (Å²) in [5.41, 5.74) is 5.74. The minimum absolute atomic E-state index is 0.0951. The lowest BCUT2D eigenvalue weighted by Crippen LogP contribution is -2.53. The maximum atomic E-state index is 14.2. The molecule has 1 unspecified atom stereocenters. The molecular weight excluding hydrogens is 260 g/mol. The molecule has 0 aromatic heterocycles. The van der Waals surface area contributed by atoms with E-state index >= 15 is 0 Å². The highest BCUT2D eigenvalue weighted by atomic mass is 19.3. The first-order valence-electron chi connectivity index (χ1n) is 7.13. The molecule has 2 rings (SSSR count). The summed E-state index contributed by atoms with van der Waals surface area (Å²) in [5, 5.41) is 0. The number of halogens is 2. The molecule has 0 radical (unpaired) electrons. The van der Waals surface area contributed by atoms with Gasteiger partial charge >= 0.3 is 0 Å². The van der Waals surface area contributed by atoms with Crippen molar-refractivity contribution in [3.8, 4) is 0 Å². The van der Waals surface area contributed by atoms with E-state index in [1.165, 1.54) is 12.1 Å². The smallest absolute Gasteiger partial charge is 0.285 e. The SMILES string of the molecule is CC(CN)N1CCN(CC(F)(F)c2ccccc2)CC1. The van der Waals surface area contributed by atoms with Crippen LogP contribution in [0.3, 0.4) is 0 Å². The molecule has 2 N–H and O–H groups in total. The summed E-state index contributed by atoms with van der Waals surface area (Å²) in [6.45, 7) is 5.45. The first kappa shape index (κ1) is 15.4. The van der Waals surface area contributed by atoms with Gasteiger partial charge in [-0.1, -0.05) is 30.3 Å². The molecule has 0 aliphatic carbocycles. The standard InChI is InChI=1S/C15H23F2N3/c1-13(11-18)20-9-7-19(8-10-20)12-15(16,17)14-5-3-2-4-6-14/h2-6,13H,7-12,18H2,1H3. The fourth-order valence-corrected chi connectivity index (χ4v) is 2.57. The van der Waals surface area contributed by atoms with E-state index in [4.69, 9.17) is 5.73 Å². The van der Waals surface area contributed by atoms with E-state index < -0.39 is 5.92 Å². The first-order valence-corrected chi connectivity index (χ1v) is 7.13. The van der Waals surface area contributed by atoms with Gasteiger partial charge in [0, 0.05) is 44.3 Å². The largest absolute Gasteiger partial charge is 0.329 e. The van der Waals surface area contributed by atoms with Gasteiger partial charge in [-0.05, 0) is 6.92 Å². The van der Waals surface area contributed by atoms with Crippen molar-refractivity contribution < 1.29 is 8.78 Å². The van der Waals surface area contributed by atoms with Gasteiger partial charge in [0.05, 0.1) is 6.54 Å². The highest BCUT2D eigenvalue weighted by Crippen LogP contribution is 2.29. The van der Waals surface area contributed by atoms with Gasteiger partial charge < -0.3 is 5.73 Å². The average Bonchev–Trinajstić information content (AvgIpc) is 2.48. The van der Waals surface area contributed by atoms with Crippen LogP contribution < -0.4 is 5.73 Å². The van der Waals surface area contributed by atoms with Crippen LogP contribution in [0.5, 0.6) is 0 Å². The minimum Gasteiger partial charge on any atom is -0.329 e. The Kier molecular flexibility index (Phi) is 5.07. The second-order valence-electron chi connectivity index (χ2n) is 5.47. The molecule has 3 nitrogen and oxygen atoms in total. The van der Waals surface area contributed by atoms with Gasteiger partial charge in [-0.25, -0.2) is 0 Å². The van der Waals surface area contributed by atoms with Gasteiger partial charge in [0.1, 0.15) is 0 Å². The second kappa shape index (κ2) is 6.61. The van der Waals surface area contributed by atoms with E-state index in [0.29, 0.717) is 25.7 Å². The van der Waals surface area contributed by atoms with Crippen LogP contribution in [0, 0.1) is 0 Å². The minimum atomic E-state index is -2.79. The Balaban J connectivity index is 1.89. The molecule has 0 amide bonds. The van der Waals surface area contributed by atoms with Gasteiger partial charge in [0.15, 0.2) is 0 Å². The zero-order valence-corrected chi connectivity index (χ0v) is 11.9. The first-order chi connectivity index (χ1) is 9.53. The number of benzene rings is 1. The lowest BCUT2D eigenvalue weighted by atomic mass is 10.1. The number of hydrogen-bond donors (Lipinski definition) is 1. The predicted octanol–water partition coefficient (Wildman–Crippen LogP) is 1.74. The normalized spacial score (nSPS) is 20.0. The maximum Gasteiger partial charge on any atom is 0.285 e. The third kappa shape index (κ3) is 3.75. The lowest BCUT2D eigenvalue weighted by Gasteiger charge is -2.38. The Morgan fingerprint density at radius 3 is 2.30 bits per heavy atom. The van der Waals surface area contributed by atoms with Crippen LogP contribution >= 0.6 is 0 Å². The van der Waals surface area contributed by atoms with E-state index in [1.54, 1.807) is 18.2 Å². The van der Waals surface area contributed by atoms with E-state index in [9.17, 15) is 8.78 Å². The number of hydrogen-bond acceptors (Lipinski definition) is 3. The molecular formula is C15H23F2N3. The topological polar surface area (TPSA) is 32.5 Å². The number of nitrogens with two attached hydrogens (primary N) is 1. The molecule has 5 heteroatoms. The number of rotatable bonds is 5. The van der Waals surface area contributed by atoms with E-state index in [2.05, 4.69) is 11.8 Å². The van der Waals surface area contributed by atoms with Crippen LogP contribution in [-0.4, -0.2) is 55.1 Å². The Bertz CT molecular complexity index is 403. The molecule has 1 atom stereocenters. The molecule has 1 aromatic carbocycles. The van der Waals surface area contributed by atoms with Crippen LogP contribution in [0.2, 0.25) is 0 Å². The van der Waals surface area contributed by atoms with Crippen molar-refractivity contribution in [1.82, 2.24) is 9.80 Å². The highest BCUT2D eigenvalue weighted by molar-refractivity contribution is 5.20. The maximum absolute atomic E-state index is 14.2. The fourth-order valence-electron chi connectivity index (χ4n) is 2.57. The molecule has 112 valence electrons. The van der Waals surface area contributed by atoms with Crippen molar-refractivity contribution >= 4 is 0 Å². The zero-order chi connectivity index (χ0) is 14.6. The molecule has 0 saturated carbocycles. The summed E-state index contributed by atoms with van der Waals surface area (Å²) in [7, 11) is 0. The molecule has 0 bridgehead atoms. The lowest BCUT2D eigenvalue weighted by molar-refractivity contribution is -0.0491. The van der Waals surface area contributed by atoms with Crippen molar-refractivity contribution in [3.63, 3.8) is 0 Å². The summed E-state index contributed by atoms with van der Waals surface area (Å²) in [5.74, 6) is -2.79. The van der Waals surface area contributed by atoms with Crippen molar-refractivity contribution in [3.05, 3.63) is 35.9 Å². The van der Waals surface area contributed by atoms with E-state index in [1.807, 2.05) is 4.90 Å². The van der Waals surface area contributed by atoms with Crippen molar-refractivity contribution in [2.45, 2.75) is 18.9 Å². The van der Waals surface area contributed by atoms with Crippen LogP contribution in [0.1, 0.15) is 12.5 Å². The summed E-state index contributed by atoms with van der Waals surface area (Å²) in [6, 6.07) is 8.38. The van der Waals surface area contributed by atoms with Gasteiger partial charge in [0.25, 0.3) is 5.92 Å². The number of piperazine rings is 1. The molecule has 1 aromatic rings. The van der Waals surface area contributed by atoms with Crippen LogP contribution in [0.25, 0.3) is 0 Å². The Morgan fingerprint density at radius 2 is 1.75 bits per heavy atom. The molecule has 1 saturated heterocycles. The quantitative estimate of drug-likeness (QED) is 0.893. The molecule has 0 spiro atoms. The van der Waals surface area contributed by atoms with Crippen LogP contribution in [0.4, 0.5) is 8.78 Å². The summed E-state index contributed by atoms with van der Waals surface area (Å²) >= 11 is 0. The zero-order valence-electron chi connectivity index (χ0n) is 11.9. The van der Waals surface area contributed by atoms with Crippen LogP contribution in [0.15, 0.2) is 30.3 Å². The molecule has 20 heavy (non-hydrogen) atoms. The summed E-state index contributed by atoms with van der Waals surface area (Å²) in [6.07, 6.45) is 0. The molecule has 1 fully saturated rings.